The normalized spacial score (nSPS) is 18.0. The summed E-state index contributed by atoms with van der Waals surface area (Å²) in [5.74, 6) is 0.480. The Morgan fingerprint density at radius 3 is 2.68 bits per heavy atom. The lowest BCUT2D eigenvalue weighted by Crippen LogP contribution is -2.38. The van der Waals surface area contributed by atoms with E-state index in [4.69, 9.17) is 4.74 Å². The van der Waals surface area contributed by atoms with E-state index >= 15 is 0 Å². The average Bonchev–Trinajstić information content (AvgIpc) is 2.38. The van der Waals surface area contributed by atoms with E-state index in [1.165, 1.54) is 6.07 Å². The molecule has 1 N–H and O–H groups in total. The maximum atomic E-state index is 10.8. The first-order valence-electron chi connectivity index (χ1n) is 6.61. The molecule has 0 radical (unpaired) electrons. The van der Waals surface area contributed by atoms with E-state index in [1.54, 1.807) is 19.1 Å². The second kappa shape index (κ2) is 5.57. The number of nitro benzene ring substituents is 1. The summed E-state index contributed by atoms with van der Waals surface area (Å²) in [7, 11) is 0. The van der Waals surface area contributed by atoms with Crippen molar-refractivity contribution in [1.82, 2.24) is 0 Å². The predicted molar refractivity (Wildman–Crippen MR) is 71.4 cm³/mol. The Kier molecular flexibility index (Phi) is 4.04. The molecule has 1 fully saturated rings. The highest BCUT2D eigenvalue weighted by Gasteiger charge is 2.30. The average molecular weight is 265 g/mol. The van der Waals surface area contributed by atoms with Crippen molar-refractivity contribution in [2.75, 3.05) is 6.61 Å². The summed E-state index contributed by atoms with van der Waals surface area (Å²) in [5, 5.41) is 21.2. The molecule has 1 aromatic carbocycles. The molecule has 19 heavy (non-hydrogen) atoms. The molecule has 0 aromatic heterocycles. The van der Waals surface area contributed by atoms with Gasteiger partial charge in [0.2, 0.25) is 0 Å². The Morgan fingerprint density at radius 1 is 1.37 bits per heavy atom. The maximum Gasteiger partial charge on any atom is 0.276 e. The second-order valence-corrected chi connectivity index (χ2v) is 5.23. The van der Waals surface area contributed by atoms with Crippen LogP contribution >= 0.6 is 0 Å². The number of benzene rings is 1. The van der Waals surface area contributed by atoms with Gasteiger partial charge in [-0.05, 0) is 25.8 Å². The first kappa shape index (κ1) is 13.8. The number of hydrogen-bond acceptors (Lipinski definition) is 4. The number of hydrogen-bond donors (Lipinski definition) is 1. The molecule has 1 aromatic rings. The largest absolute Gasteiger partial charge is 0.490 e. The number of ether oxygens (including phenoxy) is 1. The van der Waals surface area contributed by atoms with Crippen LogP contribution in [0.25, 0.3) is 0 Å². The standard InChI is InChI=1S/C14H19NO4/c1-11-12(15(17)18)6-5-7-13(11)19-10-14(16)8-3-2-4-9-14/h5-7,16H,2-4,8-10H2,1H3. The number of aliphatic hydroxyl groups is 1. The molecule has 0 spiro atoms. The zero-order valence-electron chi connectivity index (χ0n) is 11.1. The SMILES string of the molecule is Cc1c(OCC2(O)CCCCC2)cccc1[N+](=O)[O-]. The van der Waals surface area contributed by atoms with Gasteiger partial charge in [0.1, 0.15) is 12.4 Å². The molecule has 1 saturated carbocycles. The van der Waals surface area contributed by atoms with Gasteiger partial charge in [-0.2, -0.15) is 0 Å². The number of rotatable bonds is 4. The highest BCUT2D eigenvalue weighted by atomic mass is 16.6. The Bertz CT molecular complexity index is 467. The summed E-state index contributed by atoms with van der Waals surface area (Å²) >= 11 is 0. The van der Waals surface area contributed by atoms with Crippen LogP contribution in [0.5, 0.6) is 5.75 Å². The highest BCUT2D eigenvalue weighted by molar-refractivity contribution is 5.48. The van der Waals surface area contributed by atoms with Crippen LogP contribution in [0.3, 0.4) is 0 Å². The third kappa shape index (κ3) is 3.23. The van der Waals surface area contributed by atoms with Gasteiger partial charge in [0, 0.05) is 6.07 Å². The van der Waals surface area contributed by atoms with Gasteiger partial charge in [-0.15, -0.1) is 0 Å². The van der Waals surface area contributed by atoms with Crippen molar-refractivity contribution < 1.29 is 14.8 Å². The van der Waals surface area contributed by atoms with Crippen molar-refractivity contribution in [3.8, 4) is 5.75 Å². The minimum absolute atomic E-state index is 0.0492. The van der Waals surface area contributed by atoms with Gasteiger partial charge < -0.3 is 9.84 Å². The van der Waals surface area contributed by atoms with E-state index in [9.17, 15) is 15.2 Å². The summed E-state index contributed by atoms with van der Waals surface area (Å²) in [4.78, 5) is 10.4. The molecule has 104 valence electrons. The summed E-state index contributed by atoms with van der Waals surface area (Å²) in [6.07, 6.45) is 4.64. The minimum Gasteiger partial charge on any atom is -0.490 e. The lowest BCUT2D eigenvalue weighted by molar-refractivity contribution is -0.385. The molecule has 0 saturated heterocycles. The number of nitro groups is 1. The zero-order chi connectivity index (χ0) is 13.9. The van der Waals surface area contributed by atoms with Gasteiger partial charge >= 0.3 is 0 Å². The van der Waals surface area contributed by atoms with Gasteiger partial charge in [-0.3, -0.25) is 10.1 Å². The zero-order valence-corrected chi connectivity index (χ0v) is 11.1. The van der Waals surface area contributed by atoms with E-state index in [0.29, 0.717) is 11.3 Å². The molecular formula is C14H19NO4. The van der Waals surface area contributed by atoms with Crippen LogP contribution in [0.15, 0.2) is 18.2 Å². The van der Waals surface area contributed by atoms with E-state index in [1.807, 2.05) is 0 Å². The quantitative estimate of drug-likeness (QED) is 0.671. The van der Waals surface area contributed by atoms with Gasteiger partial charge in [-0.1, -0.05) is 25.3 Å². The van der Waals surface area contributed by atoms with Crippen molar-refractivity contribution in [2.45, 2.75) is 44.6 Å². The molecule has 2 rings (SSSR count). The van der Waals surface area contributed by atoms with E-state index in [0.717, 1.165) is 32.1 Å². The van der Waals surface area contributed by atoms with Crippen molar-refractivity contribution in [2.24, 2.45) is 0 Å². The van der Waals surface area contributed by atoms with Crippen LogP contribution in [0.4, 0.5) is 5.69 Å². The first-order chi connectivity index (χ1) is 9.02. The molecule has 0 unspecified atom stereocenters. The molecular weight excluding hydrogens is 246 g/mol. The minimum atomic E-state index is -0.782. The predicted octanol–water partition coefficient (Wildman–Crippen LogP) is 2.98. The Labute approximate surface area is 112 Å². The van der Waals surface area contributed by atoms with Gasteiger partial charge in [0.15, 0.2) is 0 Å². The van der Waals surface area contributed by atoms with Gasteiger partial charge in [0.25, 0.3) is 5.69 Å². The van der Waals surface area contributed by atoms with Crippen LogP contribution in [-0.4, -0.2) is 22.2 Å². The molecule has 0 atom stereocenters. The Morgan fingerprint density at radius 2 is 2.05 bits per heavy atom. The van der Waals surface area contributed by atoms with Crippen LogP contribution in [0, 0.1) is 17.0 Å². The third-order valence-corrected chi connectivity index (χ3v) is 3.73. The van der Waals surface area contributed by atoms with E-state index in [-0.39, 0.29) is 12.3 Å². The van der Waals surface area contributed by atoms with Crippen LogP contribution in [0.1, 0.15) is 37.7 Å². The highest BCUT2D eigenvalue weighted by Crippen LogP contribution is 2.31. The molecule has 5 nitrogen and oxygen atoms in total. The van der Waals surface area contributed by atoms with Crippen molar-refractivity contribution in [1.29, 1.82) is 0 Å². The fraction of sp³-hybridized carbons (Fsp3) is 0.571. The van der Waals surface area contributed by atoms with Crippen LogP contribution in [-0.2, 0) is 0 Å². The fourth-order valence-corrected chi connectivity index (χ4v) is 2.52. The van der Waals surface area contributed by atoms with E-state index in [2.05, 4.69) is 0 Å². The first-order valence-corrected chi connectivity index (χ1v) is 6.61. The van der Waals surface area contributed by atoms with Gasteiger partial charge in [0.05, 0.1) is 16.1 Å². The molecule has 1 aliphatic rings. The molecule has 0 aliphatic heterocycles. The molecule has 5 heteroatoms. The lowest BCUT2D eigenvalue weighted by atomic mass is 9.85. The molecule has 1 aliphatic carbocycles. The smallest absolute Gasteiger partial charge is 0.276 e. The Balaban J connectivity index is 2.07. The summed E-state index contributed by atoms with van der Waals surface area (Å²) in [6.45, 7) is 1.87. The van der Waals surface area contributed by atoms with Crippen molar-refractivity contribution in [3.63, 3.8) is 0 Å². The van der Waals surface area contributed by atoms with Crippen LogP contribution in [0.2, 0.25) is 0 Å². The fourth-order valence-electron chi connectivity index (χ4n) is 2.52. The maximum absolute atomic E-state index is 10.8. The topological polar surface area (TPSA) is 72.6 Å². The number of nitrogens with zero attached hydrogens (tertiary/aromatic N) is 1. The lowest BCUT2D eigenvalue weighted by Gasteiger charge is -2.31. The molecule has 0 amide bonds. The second-order valence-electron chi connectivity index (χ2n) is 5.23. The van der Waals surface area contributed by atoms with Crippen LogP contribution < -0.4 is 4.74 Å². The molecule has 0 heterocycles. The van der Waals surface area contributed by atoms with Crippen molar-refractivity contribution in [3.05, 3.63) is 33.9 Å². The van der Waals surface area contributed by atoms with Gasteiger partial charge in [-0.25, -0.2) is 0 Å². The summed E-state index contributed by atoms with van der Waals surface area (Å²) < 4.78 is 5.62. The Hall–Kier alpha value is -1.62. The third-order valence-electron chi connectivity index (χ3n) is 3.73. The van der Waals surface area contributed by atoms with E-state index < -0.39 is 10.5 Å². The van der Waals surface area contributed by atoms with Crippen molar-refractivity contribution >= 4 is 5.69 Å². The monoisotopic (exact) mass is 265 g/mol. The summed E-state index contributed by atoms with van der Waals surface area (Å²) in [6, 6.07) is 4.76. The summed E-state index contributed by atoms with van der Waals surface area (Å²) in [5.41, 5.74) is -0.227. The molecule has 0 bridgehead atoms.